The Labute approximate surface area is 108 Å². The molecule has 0 spiro atoms. The van der Waals surface area contributed by atoms with Crippen molar-refractivity contribution >= 4 is 17.4 Å². The number of anilines is 1. The minimum absolute atomic E-state index is 0.0582. The van der Waals surface area contributed by atoms with Gasteiger partial charge in [0.1, 0.15) is 6.07 Å². The number of nitrogens with one attached hydrogen (secondary N) is 1. The molecule has 0 bridgehead atoms. The van der Waals surface area contributed by atoms with Crippen molar-refractivity contribution in [1.29, 1.82) is 5.26 Å². The van der Waals surface area contributed by atoms with E-state index in [0.717, 1.165) is 29.0 Å². The van der Waals surface area contributed by atoms with Crippen LogP contribution in [-0.4, -0.2) is 11.8 Å². The molecule has 0 saturated heterocycles. The van der Waals surface area contributed by atoms with Crippen molar-refractivity contribution < 1.29 is 0 Å². The monoisotopic (exact) mass is 248 g/mol. The summed E-state index contributed by atoms with van der Waals surface area (Å²) >= 11 is 1.61. The fraction of sp³-hybridized carbons (Fsp3) is 0.500. The second kappa shape index (κ2) is 5.97. The predicted molar refractivity (Wildman–Crippen MR) is 75.5 cm³/mol. The number of benzene rings is 1. The molecule has 0 fully saturated rings. The number of hydrogen-bond donors (Lipinski definition) is 1. The number of nitriles is 1. The molecule has 1 rings (SSSR count). The van der Waals surface area contributed by atoms with Gasteiger partial charge in [-0.3, -0.25) is 0 Å². The van der Waals surface area contributed by atoms with Crippen LogP contribution < -0.4 is 5.32 Å². The lowest BCUT2D eigenvalue weighted by atomic mass is 9.94. The molecular formula is C14H20N2S. The zero-order valence-electron chi connectivity index (χ0n) is 11.0. The summed E-state index contributed by atoms with van der Waals surface area (Å²) in [6, 6.07) is 8.28. The summed E-state index contributed by atoms with van der Waals surface area (Å²) in [5.74, 6) is 0. The quantitative estimate of drug-likeness (QED) is 0.790. The molecule has 1 aromatic rings. The molecule has 0 aromatic heterocycles. The minimum atomic E-state index is 0.0582. The van der Waals surface area contributed by atoms with Crippen LogP contribution in [0.25, 0.3) is 0 Å². The highest BCUT2D eigenvalue weighted by Crippen LogP contribution is 2.29. The van der Waals surface area contributed by atoms with E-state index in [-0.39, 0.29) is 5.54 Å². The van der Waals surface area contributed by atoms with Gasteiger partial charge in [-0.25, -0.2) is 0 Å². The molecule has 0 aliphatic heterocycles. The highest BCUT2D eigenvalue weighted by atomic mass is 32.2. The third-order valence-electron chi connectivity index (χ3n) is 3.36. The van der Waals surface area contributed by atoms with Crippen molar-refractivity contribution in [2.24, 2.45) is 0 Å². The first-order valence-electron chi connectivity index (χ1n) is 5.95. The second-order valence-electron chi connectivity index (χ2n) is 4.39. The van der Waals surface area contributed by atoms with Crippen molar-refractivity contribution in [3.63, 3.8) is 0 Å². The lowest BCUT2D eigenvalue weighted by molar-refractivity contribution is 0.478. The van der Waals surface area contributed by atoms with Crippen LogP contribution in [0.2, 0.25) is 0 Å². The predicted octanol–water partition coefficient (Wildman–Crippen LogP) is 4.27. The second-order valence-corrected chi connectivity index (χ2v) is 5.24. The van der Waals surface area contributed by atoms with Gasteiger partial charge in [-0.2, -0.15) is 5.26 Å². The van der Waals surface area contributed by atoms with Crippen LogP contribution in [0, 0.1) is 11.3 Å². The molecule has 1 aromatic carbocycles. The maximum absolute atomic E-state index is 9.27. The van der Waals surface area contributed by atoms with Gasteiger partial charge in [-0.05, 0) is 38.2 Å². The molecule has 0 saturated carbocycles. The third kappa shape index (κ3) is 3.17. The van der Waals surface area contributed by atoms with E-state index in [4.69, 9.17) is 0 Å². The largest absolute Gasteiger partial charge is 0.379 e. The van der Waals surface area contributed by atoms with Gasteiger partial charge in [0.05, 0.1) is 11.3 Å². The van der Waals surface area contributed by atoms with E-state index < -0.39 is 0 Å². The third-order valence-corrected chi connectivity index (χ3v) is 4.14. The number of nitrogens with zero attached hydrogens (tertiary/aromatic N) is 1. The van der Waals surface area contributed by atoms with Gasteiger partial charge in [0.2, 0.25) is 0 Å². The van der Waals surface area contributed by atoms with Crippen molar-refractivity contribution in [3.05, 3.63) is 23.8 Å². The molecule has 0 radical (unpaired) electrons. The molecule has 1 N–H and O–H groups in total. The zero-order chi connectivity index (χ0) is 12.9. The number of thioether (sulfide) groups is 1. The Kier molecular flexibility index (Phi) is 4.89. The number of hydrogen-bond acceptors (Lipinski definition) is 3. The zero-order valence-corrected chi connectivity index (χ0v) is 11.8. The van der Waals surface area contributed by atoms with Crippen molar-refractivity contribution in [2.45, 2.75) is 44.0 Å². The van der Waals surface area contributed by atoms with Crippen molar-refractivity contribution in [3.8, 4) is 6.07 Å². The van der Waals surface area contributed by atoms with E-state index >= 15 is 0 Å². The molecule has 0 aliphatic rings. The Balaban J connectivity index is 3.11. The molecule has 0 atom stereocenters. The summed E-state index contributed by atoms with van der Waals surface area (Å²) in [5, 5.41) is 12.8. The molecule has 92 valence electrons. The van der Waals surface area contributed by atoms with Gasteiger partial charge >= 0.3 is 0 Å². The lowest BCUT2D eigenvalue weighted by Gasteiger charge is -2.30. The fourth-order valence-corrected chi connectivity index (χ4v) is 2.25. The molecule has 17 heavy (non-hydrogen) atoms. The molecule has 0 amide bonds. The van der Waals surface area contributed by atoms with E-state index in [2.05, 4.69) is 32.2 Å². The molecular weight excluding hydrogens is 228 g/mol. The van der Waals surface area contributed by atoms with E-state index in [1.807, 2.05) is 24.5 Å². The summed E-state index contributed by atoms with van der Waals surface area (Å²) in [7, 11) is 0. The first kappa shape index (κ1) is 13.9. The summed E-state index contributed by atoms with van der Waals surface area (Å²) in [6.07, 6.45) is 4.08. The summed E-state index contributed by atoms with van der Waals surface area (Å²) < 4.78 is 0. The maximum Gasteiger partial charge on any atom is 0.102 e. The van der Waals surface area contributed by atoms with Crippen LogP contribution in [0.4, 0.5) is 5.69 Å². The van der Waals surface area contributed by atoms with E-state index in [0.29, 0.717) is 0 Å². The van der Waals surface area contributed by atoms with Crippen LogP contribution in [0.3, 0.4) is 0 Å². The van der Waals surface area contributed by atoms with Gasteiger partial charge < -0.3 is 5.32 Å². The Bertz CT molecular complexity index is 417. The smallest absolute Gasteiger partial charge is 0.102 e. The lowest BCUT2D eigenvalue weighted by Crippen LogP contribution is -2.33. The van der Waals surface area contributed by atoms with Gasteiger partial charge in [0.25, 0.3) is 0 Å². The standard InChI is InChI=1S/C14H20N2S/c1-5-14(3,6-2)16-12-8-7-9-13(17-4)11(12)10-15/h7-9,16H,5-6H2,1-4H3. The fourth-order valence-electron chi connectivity index (χ4n) is 1.67. The van der Waals surface area contributed by atoms with Crippen LogP contribution in [0.1, 0.15) is 39.2 Å². The van der Waals surface area contributed by atoms with Gasteiger partial charge in [0.15, 0.2) is 0 Å². The molecule has 2 nitrogen and oxygen atoms in total. The average molecular weight is 248 g/mol. The van der Waals surface area contributed by atoms with Crippen LogP contribution in [-0.2, 0) is 0 Å². The Morgan fingerprint density at radius 2 is 2.00 bits per heavy atom. The van der Waals surface area contributed by atoms with Crippen molar-refractivity contribution in [1.82, 2.24) is 0 Å². The van der Waals surface area contributed by atoms with Gasteiger partial charge in [-0.15, -0.1) is 11.8 Å². The van der Waals surface area contributed by atoms with E-state index in [9.17, 15) is 5.26 Å². The van der Waals surface area contributed by atoms with E-state index in [1.165, 1.54) is 0 Å². The Morgan fingerprint density at radius 1 is 1.35 bits per heavy atom. The Morgan fingerprint density at radius 3 is 2.47 bits per heavy atom. The van der Waals surface area contributed by atoms with Crippen molar-refractivity contribution in [2.75, 3.05) is 11.6 Å². The summed E-state index contributed by atoms with van der Waals surface area (Å²) in [6.45, 7) is 6.53. The van der Waals surface area contributed by atoms with Crippen LogP contribution in [0.5, 0.6) is 0 Å². The summed E-state index contributed by atoms with van der Waals surface area (Å²) in [5.41, 5.74) is 1.77. The van der Waals surface area contributed by atoms with E-state index in [1.54, 1.807) is 11.8 Å². The highest BCUT2D eigenvalue weighted by molar-refractivity contribution is 7.98. The summed E-state index contributed by atoms with van der Waals surface area (Å²) in [4.78, 5) is 1.03. The highest BCUT2D eigenvalue weighted by Gasteiger charge is 2.20. The minimum Gasteiger partial charge on any atom is -0.379 e. The van der Waals surface area contributed by atoms with Crippen LogP contribution >= 0.6 is 11.8 Å². The Hall–Kier alpha value is -1.14. The first-order valence-corrected chi connectivity index (χ1v) is 7.18. The van der Waals surface area contributed by atoms with Crippen LogP contribution in [0.15, 0.2) is 23.1 Å². The topological polar surface area (TPSA) is 35.8 Å². The van der Waals surface area contributed by atoms with Gasteiger partial charge in [-0.1, -0.05) is 19.9 Å². The normalized spacial score (nSPS) is 11.0. The molecule has 0 aliphatic carbocycles. The molecule has 0 unspecified atom stereocenters. The average Bonchev–Trinajstić information content (AvgIpc) is 2.38. The number of rotatable bonds is 5. The maximum atomic E-state index is 9.27. The molecule has 3 heteroatoms. The molecule has 0 heterocycles. The first-order chi connectivity index (χ1) is 8.10. The van der Waals surface area contributed by atoms with Gasteiger partial charge in [0, 0.05) is 10.4 Å². The SMILES string of the molecule is CCC(C)(CC)Nc1cccc(SC)c1C#N.